The van der Waals surface area contributed by atoms with Gasteiger partial charge >= 0.3 is 5.97 Å². The Morgan fingerprint density at radius 1 is 1.33 bits per heavy atom. The second kappa shape index (κ2) is 7.90. The fourth-order valence-electron chi connectivity index (χ4n) is 2.82. The Morgan fingerprint density at radius 2 is 2.00 bits per heavy atom. The molecule has 0 amide bonds. The van der Waals surface area contributed by atoms with E-state index in [0.717, 1.165) is 25.7 Å². The highest BCUT2D eigenvalue weighted by molar-refractivity contribution is 9.10. The minimum atomic E-state index is -0.744. The molecule has 116 valence electrons. The molecule has 5 heteroatoms. The Labute approximate surface area is 133 Å². The molecule has 1 aromatic carbocycles. The maximum atomic E-state index is 14.2. The highest BCUT2D eigenvalue weighted by atomic mass is 79.9. The van der Waals surface area contributed by atoms with Crippen LogP contribution in [-0.4, -0.2) is 19.1 Å². The zero-order valence-electron chi connectivity index (χ0n) is 12.2. The summed E-state index contributed by atoms with van der Waals surface area (Å²) in [6.07, 6.45) is 6.79. The molecular weight excluding hydrogens is 337 g/mol. The Morgan fingerprint density at radius 3 is 2.57 bits per heavy atom. The lowest BCUT2D eigenvalue weighted by molar-refractivity contribution is -0.143. The van der Waals surface area contributed by atoms with Crippen molar-refractivity contribution >= 4 is 21.9 Å². The van der Waals surface area contributed by atoms with Crippen LogP contribution in [0.25, 0.3) is 0 Å². The summed E-state index contributed by atoms with van der Waals surface area (Å²) in [6.45, 7) is 0. The summed E-state index contributed by atoms with van der Waals surface area (Å²) in [5, 5.41) is 3.29. The van der Waals surface area contributed by atoms with Gasteiger partial charge in [-0.3, -0.25) is 5.32 Å². The predicted molar refractivity (Wildman–Crippen MR) is 83.5 cm³/mol. The molecule has 1 unspecified atom stereocenters. The van der Waals surface area contributed by atoms with Crippen LogP contribution in [0.5, 0.6) is 0 Å². The highest BCUT2D eigenvalue weighted by Gasteiger charge is 2.27. The van der Waals surface area contributed by atoms with Crippen LogP contribution in [0.4, 0.5) is 4.39 Å². The van der Waals surface area contributed by atoms with Gasteiger partial charge in [0.25, 0.3) is 0 Å². The van der Waals surface area contributed by atoms with E-state index in [1.54, 1.807) is 12.1 Å². The van der Waals surface area contributed by atoms with E-state index in [-0.39, 0.29) is 6.04 Å². The third-order valence-electron chi connectivity index (χ3n) is 3.97. The lowest BCUT2D eigenvalue weighted by atomic mass is 10.0. The first-order chi connectivity index (χ1) is 10.1. The molecule has 1 aliphatic rings. The van der Waals surface area contributed by atoms with E-state index in [0.29, 0.717) is 10.0 Å². The minimum absolute atomic E-state index is 0.236. The highest BCUT2D eigenvalue weighted by Crippen LogP contribution is 2.25. The number of benzene rings is 1. The number of hydrogen-bond acceptors (Lipinski definition) is 3. The molecule has 1 fully saturated rings. The maximum Gasteiger partial charge on any atom is 0.327 e. The van der Waals surface area contributed by atoms with Gasteiger partial charge in [-0.25, -0.2) is 9.18 Å². The van der Waals surface area contributed by atoms with Gasteiger partial charge in [-0.05, 0) is 25.0 Å². The molecule has 0 saturated heterocycles. The van der Waals surface area contributed by atoms with Gasteiger partial charge in [0, 0.05) is 16.1 Å². The Balaban J connectivity index is 2.19. The van der Waals surface area contributed by atoms with E-state index in [9.17, 15) is 9.18 Å². The van der Waals surface area contributed by atoms with Gasteiger partial charge in [0.1, 0.15) is 11.9 Å². The lowest BCUT2D eigenvalue weighted by Crippen LogP contribution is -2.38. The molecule has 0 aliphatic heterocycles. The van der Waals surface area contributed by atoms with Crippen molar-refractivity contribution in [1.29, 1.82) is 0 Å². The van der Waals surface area contributed by atoms with Crippen LogP contribution in [0.1, 0.15) is 50.1 Å². The van der Waals surface area contributed by atoms with Crippen molar-refractivity contribution in [2.75, 3.05) is 7.11 Å². The standard InChI is InChI=1S/C16H21BrFNO2/c1-21-16(20)15(13-9-8-11(17)10-14(13)18)19-12-6-4-2-3-5-7-12/h8-10,12,15,19H,2-7H2,1H3. The number of carbonyl (C=O) groups is 1. The first-order valence-corrected chi connectivity index (χ1v) is 8.20. The molecule has 1 aliphatic carbocycles. The van der Waals surface area contributed by atoms with Crippen LogP contribution in [0.3, 0.4) is 0 Å². The van der Waals surface area contributed by atoms with Crippen molar-refractivity contribution in [3.05, 3.63) is 34.1 Å². The van der Waals surface area contributed by atoms with Crippen molar-refractivity contribution in [2.45, 2.75) is 50.6 Å². The second-order valence-corrected chi connectivity index (χ2v) is 6.39. The molecule has 0 spiro atoms. The first-order valence-electron chi connectivity index (χ1n) is 7.40. The fourth-order valence-corrected chi connectivity index (χ4v) is 3.15. The largest absolute Gasteiger partial charge is 0.468 e. The van der Waals surface area contributed by atoms with Crippen molar-refractivity contribution in [2.24, 2.45) is 0 Å². The van der Waals surface area contributed by atoms with Crippen LogP contribution in [-0.2, 0) is 9.53 Å². The number of methoxy groups -OCH3 is 1. The Hall–Kier alpha value is -0.940. The first kappa shape index (κ1) is 16.4. The topological polar surface area (TPSA) is 38.3 Å². The molecule has 0 bridgehead atoms. The third-order valence-corrected chi connectivity index (χ3v) is 4.46. The summed E-state index contributed by atoms with van der Waals surface area (Å²) >= 11 is 3.23. The van der Waals surface area contributed by atoms with Crippen LogP contribution in [0, 0.1) is 5.82 Å². The molecule has 3 nitrogen and oxygen atoms in total. The van der Waals surface area contributed by atoms with E-state index < -0.39 is 17.8 Å². The lowest BCUT2D eigenvalue weighted by Gasteiger charge is -2.24. The fraction of sp³-hybridized carbons (Fsp3) is 0.562. The average molecular weight is 358 g/mol. The Bertz CT molecular complexity index is 487. The third kappa shape index (κ3) is 4.51. The second-order valence-electron chi connectivity index (χ2n) is 5.48. The van der Waals surface area contributed by atoms with Gasteiger partial charge in [-0.1, -0.05) is 47.7 Å². The average Bonchev–Trinajstić information content (AvgIpc) is 2.73. The number of rotatable bonds is 4. The van der Waals surface area contributed by atoms with Crippen molar-refractivity contribution in [3.63, 3.8) is 0 Å². The van der Waals surface area contributed by atoms with Crippen LogP contribution >= 0.6 is 15.9 Å². The molecule has 1 saturated carbocycles. The normalized spacial score (nSPS) is 18.0. The molecule has 1 N–H and O–H groups in total. The van der Waals surface area contributed by atoms with Gasteiger partial charge in [0.05, 0.1) is 7.11 Å². The zero-order valence-corrected chi connectivity index (χ0v) is 13.8. The molecule has 0 heterocycles. The molecule has 1 atom stereocenters. The molecule has 0 aromatic heterocycles. The Kier molecular flexibility index (Phi) is 6.18. The summed E-state index contributed by atoms with van der Waals surface area (Å²) in [6, 6.07) is 4.24. The smallest absolute Gasteiger partial charge is 0.327 e. The number of ether oxygens (including phenoxy) is 1. The van der Waals surface area contributed by atoms with Gasteiger partial charge in [-0.2, -0.15) is 0 Å². The van der Waals surface area contributed by atoms with Crippen molar-refractivity contribution < 1.29 is 13.9 Å². The zero-order chi connectivity index (χ0) is 15.2. The number of esters is 1. The van der Waals surface area contributed by atoms with E-state index in [1.165, 1.54) is 26.0 Å². The van der Waals surface area contributed by atoms with Crippen LogP contribution in [0.15, 0.2) is 22.7 Å². The molecule has 1 aromatic rings. The quantitative estimate of drug-likeness (QED) is 0.650. The van der Waals surface area contributed by atoms with Crippen LogP contribution < -0.4 is 5.32 Å². The molecule has 0 radical (unpaired) electrons. The van der Waals surface area contributed by atoms with Gasteiger partial charge in [0.2, 0.25) is 0 Å². The number of nitrogens with one attached hydrogen (secondary N) is 1. The summed E-state index contributed by atoms with van der Waals surface area (Å²) in [7, 11) is 1.33. The van der Waals surface area contributed by atoms with Crippen molar-refractivity contribution in [1.82, 2.24) is 5.32 Å². The summed E-state index contributed by atoms with van der Waals surface area (Å²) in [5.41, 5.74) is 0.342. The van der Waals surface area contributed by atoms with Gasteiger partial charge < -0.3 is 4.74 Å². The van der Waals surface area contributed by atoms with Gasteiger partial charge in [-0.15, -0.1) is 0 Å². The maximum absolute atomic E-state index is 14.2. The van der Waals surface area contributed by atoms with E-state index in [2.05, 4.69) is 21.2 Å². The SMILES string of the molecule is COC(=O)C(NC1CCCCCC1)c1ccc(Br)cc1F. The number of carbonyl (C=O) groups excluding carboxylic acids is 1. The summed E-state index contributed by atoms with van der Waals surface area (Å²) < 4.78 is 19.7. The van der Waals surface area contributed by atoms with E-state index in [4.69, 9.17) is 4.74 Å². The summed E-state index contributed by atoms with van der Waals surface area (Å²) in [5.74, 6) is -0.846. The van der Waals surface area contributed by atoms with Gasteiger partial charge in [0.15, 0.2) is 0 Å². The number of halogens is 2. The summed E-state index contributed by atoms with van der Waals surface area (Å²) in [4.78, 5) is 12.0. The molecule has 21 heavy (non-hydrogen) atoms. The van der Waals surface area contributed by atoms with Crippen LogP contribution in [0.2, 0.25) is 0 Å². The monoisotopic (exact) mass is 357 g/mol. The number of hydrogen-bond donors (Lipinski definition) is 1. The van der Waals surface area contributed by atoms with E-state index in [1.807, 2.05) is 0 Å². The van der Waals surface area contributed by atoms with E-state index >= 15 is 0 Å². The molecular formula is C16H21BrFNO2. The molecule has 2 rings (SSSR count). The van der Waals surface area contributed by atoms with Crippen molar-refractivity contribution in [3.8, 4) is 0 Å². The minimum Gasteiger partial charge on any atom is -0.468 e. The predicted octanol–water partition coefficient (Wildman–Crippen LogP) is 4.11.